The minimum atomic E-state index is -1.47. The highest BCUT2D eigenvalue weighted by atomic mass is 35.5. The van der Waals surface area contributed by atoms with Crippen molar-refractivity contribution in [1.29, 1.82) is 0 Å². The molecule has 3 N–H and O–H groups in total. The van der Waals surface area contributed by atoms with Crippen molar-refractivity contribution in [2.24, 2.45) is 5.73 Å². The van der Waals surface area contributed by atoms with Gasteiger partial charge >= 0.3 is 5.97 Å². The van der Waals surface area contributed by atoms with E-state index in [-0.39, 0.29) is 12.4 Å². The fourth-order valence-electron chi connectivity index (χ4n) is 1.84. The molecule has 0 rings (SSSR count). The first-order valence-electron chi connectivity index (χ1n) is 6.97. The molecule has 0 atom stereocenters. The maximum Gasteiger partial charge on any atom is 0.364 e. The van der Waals surface area contributed by atoms with Crippen LogP contribution in [0.25, 0.3) is 0 Å². The molecule has 0 aliphatic carbocycles. The van der Waals surface area contributed by atoms with Crippen molar-refractivity contribution < 1.29 is 14.3 Å². The van der Waals surface area contributed by atoms with E-state index in [1.807, 2.05) is 0 Å². The van der Waals surface area contributed by atoms with Crippen molar-refractivity contribution in [3.05, 3.63) is 11.9 Å². The predicted molar refractivity (Wildman–Crippen MR) is 79.3 cm³/mol. The lowest BCUT2D eigenvalue weighted by atomic mass is 10.1. The normalized spacial score (nSPS) is 11.2. The summed E-state index contributed by atoms with van der Waals surface area (Å²) in [7, 11) is 0. The third-order valence-electron chi connectivity index (χ3n) is 2.94. The third-order valence-corrected chi connectivity index (χ3v) is 2.94. The van der Waals surface area contributed by atoms with Gasteiger partial charge in [-0.25, -0.2) is 4.79 Å². The zero-order chi connectivity index (χ0) is 13.6. The summed E-state index contributed by atoms with van der Waals surface area (Å²) in [6, 6.07) is 0. The average molecular weight is 296 g/mol. The molecule has 0 unspecified atom stereocenters. The average Bonchev–Trinajstić information content (AvgIpc) is 2.35. The second kappa shape index (κ2) is 15.4. The van der Waals surface area contributed by atoms with Crippen LogP contribution in [0.4, 0.5) is 4.39 Å². The Hall–Kier alpha value is -0.610. The Balaban J connectivity index is 0. The number of unbranched alkanes of at least 4 members (excludes halogenated alkanes) is 9. The second-order valence-electron chi connectivity index (χ2n) is 4.62. The van der Waals surface area contributed by atoms with Gasteiger partial charge in [-0.3, -0.25) is 0 Å². The lowest BCUT2D eigenvalue weighted by Gasteiger charge is -2.01. The van der Waals surface area contributed by atoms with Crippen LogP contribution in [-0.2, 0) is 4.79 Å². The topological polar surface area (TPSA) is 63.3 Å². The summed E-state index contributed by atoms with van der Waals surface area (Å²) in [5.41, 5.74) is 5.41. The number of rotatable bonds is 12. The van der Waals surface area contributed by atoms with Crippen molar-refractivity contribution in [1.82, 2.24) is 0 Å². The number of hydrogen-bond acceptors (Lipinski definition) is 2. The molecule has 0 bridgehead atoms. The summed E-state index contributed by atoms with van der Waals surface area (Å²) in [5, 5.41) is 8.29. The molecule has 0 aromatic carbocycles. The zero-order valence-corrected chi connectivity index (χ0v) is 12.4. The van der Waals surface area contributed by atoms with Gasteiger partial charge in [-0.05, 0) is 31.9 Å². The van der Waals surface area contributed by atoms with Crippen LogP contribution >= 0.6 is 12.4 Å². The van der Waals surface area contributed by atoms with Gasteiger partial charge in [-0.15, -0.1) is 12.4 Å². The minimum Gasteiger partial charge on any atom is -0.476 e. The SMILES string of the molecule is Cl.NCCCCCCCCCCC/C=C(\F)C(=O)O. The molecule has 0 radical (unpaired) electrons. The van der Waals surface area contributed by atoms with Gasteiger partial charge < -0.3 is 10.8 Å². The molecule has 0 spiro atoms. The monoisotopic (exact) mass is 295 g/mol. The number of carboxylic acids is 1. The molecule has 0 aromatic heterocycles. The number of halogens is 2. The van der Waals surface area contributed by atoms with E-state index in [1.165, 1.54) is 32.1 Å². The fraction of sp³-hybridized carbons (Fsp3) is 0.786. The molecule has 0 fully saturated rings. The number of carboxylic acid groups (broad SMARTS) is 1. The first kappa shape index (κ1) is 20.7. The van der Waals surface area contributed by atoms with Crippen molar-refractivity contribution >= 4 is 18.4 Å². The van der Waals surface area contributed by atoms with E-state index in [0.29, 0.717) is 6.42 Å². The molecule has 3 nitrogen and oxygen atoms in total. The molecule has 0 aromatic rings. The highest BCUT2D eigenvalue weighted by Crippen LogP contribution is 2.11. The van der Waals surface area contributed by atoms with Crippen LogP contribution in [-0.4, -0.2) is 17.6 Å². The van der Waals surface area contributed by atoms with Crippen molar-refractivity contribution in [2.75, 3.05) is 6.54 Å². The molecule has 114 valence electrons. The lowest BCUT2D eigenvalue weighted by molar-refractivity contribution is -0.134. The first-order chi connectivity index (χ1) is 8.68. The number of carbonyl (C=O) groups is 1. The maximum atomic E-state index is 12.6. The molecule has 0 heterocycles. The Morgan fingerprint density at radius 3 is 1.79 bits per heavy atom. The molecule has 0 saturated heterocycles. The van der Waals surface area contributed by atoms with E-state index >= 15 is 0 Å². The fourth-order valence-corrected chi connectivity index (χ4v) is 1.84. The molecular weight excluding hydrogens is 269 g/mol. The summed E-state index contributed by atoms with van der Waals surface area (Å²) in [6.45, 7) is 0.792. The van der Waals surface area contributed by atoms with Gasteiger partial charge in [0.05, 0.1) is 0 Å². The highest BCUT2D eigenvalue weighted by molar-refractivity contribution is 5.85. The largest absolute Gasteiger partial charge is 0.476 e. The van der Waals surface area contributed by atoms with Crippen LogP contribution in [0.15, 0.2) is 11.9 Å². The van der Waals surface area contributed by atoms with Crippen LogP contribution < -0.4 is 5.73 Å². The van der Waals surface area contributed by atoms with Gasteiger partial charge in [0.15, 0.2) is 0 Å². The van der Waals surface area contributed by atoms with Crippen LogP contribution in [0.3, 0.4) is 0 Å². The van der Waals surface area contributed by atoms with Crippen LogP contribution in [0, 0.1) is 0 Å². The van der Waals surface area contributed by atoms with E-state index in [0.717, 1.165) is 38.3 Å². The van der Waals surface area contributed by atoms with Gasteiger partial charge in [-0.1, -0.05) is 44.9 Å². The van der Waals surface area contributed by atoms with Crippen LogP contribution in [0.2, 0.25) is 0 Å². The number of nitrogens with two attached hydrogens (primary N) is 1. The zero-order valence-electron chi connectivity index (χ0n) is 11.6. The lowest BCUT2D eigenvalue weighted by Crippen LogP contribution is -1.97. The molecular formula is C14H27ClFNO2. The predicted octanol–water partition coefficient (Wildman–Crippen LogP) is 4.21. The Morgan fingerprint density at radius 2 is 1.37 bits per heavy atom. The van der Waals surface area contributed by atoms with E-state index < -0.39 is 11.8 Å². The molecule has 0 aliphatic rings. The van der Waals surface area contributed by atoms with E-state index in [9.17, 15) is 9.18 Å². The quantitative estimate of drug-likeness (QED) is 0.419. The Morgan fingerprint density at radius 1 is 0.947 bits per heavy atom. The second-order valence-corrected chi connectivity index (χ2v) is 4.62. The summed E-state index contributed by atoms with van der Waals surface area (Å²) in [5.74, 6) is -2.50. The Bertz CT molecular complexity index is 248. The summed E-state index contributed by atoms with van der Waals surface area (Å²) < 4.78 is 12.6. The van der Waals surface area contributed by atoms with E-state index in [1.54, 1.807) is 0 Å². The van der Waals surface area contributed by atoms with Gasteiger partial charge in [0, 0.05) is 0 Å². The van der Waals surface area contributed by atoms with Crippen LogP contribution in [0.1, 0.15) is 64.2 Å². The van der Waals surface area contributed by atoms with Crippen molar-refractivity contribution in [2.45, 2.75) is 64.2 Å². The van der Waals surface area contributed by atoms with Crippen molar-refractivity contribution in [3.63, 3.8) is 0 Å². The number of aliphatic carboxylic acids is 1. The summed E-state index contributed by atoms with van der Waals surface area (Å²) in [4.78, 5) is 10.2. The van der Waals surface area contributed by atoms with Crippen LogP contribution in [0.5, 0.6) is 0 Å². The first-order valence-corrected chi connectivity index (χ1v) is 6.97. The third kappa shape index (κ3) is 15.3. The molecule has 0 saturated carbocycles. The van der Waals surface area contributed by atoms with Gasteiger partial charge in [0.1, 0.15) is 0 Å². The molecule has 0 aliphatic heterocycles. The summed E-state index contributed by atoms with van der Waals surface area (Å²) in [6.07, 6.45) is 12.1. The summed E-state index contributed by atoms with van der Waals surface area (Å²) >= 11 is 0. The Labute approximate surface area is 121 Å². The number of hydrogen-bond donors (Lipinski definition) is 2. The maximum absolute atomic E-state index is 12.6. The number of allylic oxidation sites excluding steroid dienone is 1. The Kier molecular flexibility index (Phi) is 16.8. The molecule has 0 amide bonds. The minimum absolute atomic E-state index is 0. The standard InChI is InChI=1S/C14H26FNO2.ClH/c15-13(14(17)18)11-9-7-5-3-1-2-4-6-8-10-12-16;/h11H,1-10,12,16H2,(H,17,18);1H/b13-11-;. The van der Waals surface area contributed by atoms with Gasteiger partial charge in [0.25, 0.3) is 0 Å². The van der Waals surface area contributed by atoms with Gasteiger partial charge in [0.2, 0.25) is 5.83 Å². The molecule has 5 heteroatoms. The van der Waals surface area contributed by atoms with E-state index in [2.05, 4.69) is 0 Å². The highest BCUT2D eigenvalue weighted by Gasteiger charge is 2.02. The van der Waals surface area contributed by atoms with Crippen molar-refractivity contribution in [3.8, 4) is 0 Å². The van der Waals surface area contributed by atoms with Gasteiger partial charge in [-0.2, -0.15) is 4.39 Å². The smallest absolute Gasteiger partial charge is 0.364 e. The van der Waals surface area contributed by atoms with E-state index in [4.69, 9.17) is 10.8 Å². The molecule has 19 heavy (non-hydrogen) atoms.